The van der Waals surface area contributed by atoms with Crippen LogP contribution in [0.2, 0.25) is 5.02 Å². The minimum absolute atomic E-state index is 0.00433. The molecule has 1 aliphatic heterocycles. The maximum absolute atomic E-state index is 13.6. The second-order valence-corrected chi connectivity index (χ2v) is 9.66. The molecule has 2 aromatic carbocycles. The van der Waals surface area contributed by atoms with E-state index in [9.17, 15) is 22.4 Å². The first-order chi connectivity index (χ1) is 15.2. The SMILES string of the molecule is Cc1cccc(C(=O)N2CCCN(S(=O)(=O)c3ccc(F)c(Cl)c3)C2C(=O)NCCN)c1. The maximum Gasteiger partial charge on any atom is 0.259 e. The minimum Gasteiger partial charge on any atom is -0.352 e. The van der Waals surface area contributed by atoms with Crippen molar-refractivity contribution in [3.05, 3.63) is 64.4 Å². The summed E-state index contributed by atoms with van der Waals surface area (Å²) >= 11 is 5.78. The van der Waals surface area contributed by atoms with Crippen LogP contribution in [0.15, 0.2) is 47.4 Å². The molecule has 1 saturated heterocycles. The Bertz CT molecular complexity index is 1130. The summed E-state index contributed by atoms with van der Waals surface area (Å²) in [6.07, 6.45) is -1.12. The smallest absolute Gasteiger partial charge is 0.259 e. The average molecular weight is 483 g/mol. The summed E-state index contributed by atoms with van der Waals surface area (Å²) in [5.41, 5.74) is 6.66. The van der Waals surface area contributed by atoms with Crippen LogP contribution in [0.5, 0.6) is 0 Å². The van der Waals surface area contributed by atoms with Crippen molar-refractivity contribution < 1.29 is 22.4 Å². The summed E-state index contributed by atoms with van der Waals surface area (Å²) in [5.74, 6) is -1.91. The predicted molar refractivity (Wildman–Crippen MR) is 118 cm³/mol. The van der Waals surface area contributed by atoms with Gasteiger partial charge < -0.3 is 16.0 Å². The maximum atomic E-state index is 13.6. The number of nitrogens with one attached hydrogen (secondary N) is 1. The molecule has 3 N–H and O–H groups in total. The van der Waals surface area contributed by atoms with Gasteiger partial charge in [0.15, 0.2) is 6.17 Å². The molecule has 1 atom stereocenters. The number of hydrogen-bond donors (Lipinski definition) is 2. The van der Waals surface area contributed by atoms with Crippen LogP contribution >= 0.6 is 11.6 Å². The third kappa shape index (κ3) is 4.93. The number of carbonyl (C=O) groups is 2. The topological polar surface area (TPSA) is 113 Å². The van der Waals surface area contributed by atoms with Gasteiger partial charge >= 0.3 is 0 Å². The molecule has 11 heteroatoms. The molecule has 0 aliphatic carbocycles. The second kappa shape index (κ2) is 9.95. The zero-order valence-electron chi connectivity index (χ0n) is 17.4. The standard InChI is InChI=1S/C21H24ClFN4O4S/c1-14-4-2-5-15(12-14)21(29)26-10-3-11-27(20(26)19(28)25-9-8-24)32(30,31)16-6-7-18(23)17(22)13-16/h2,4-7,12-13,20H,3,8-11,24H2,1H3,(H,25,28). The van der Waals surface area contributed by atoms with Crippen LogP contribution in [0.1, 0.15) is 22.3 Å². The van der Waals surface area contributed by atoms with Crippen LogP contribution in [-0.2, 0) is 14.8 Å². The quantitative estimate of drug-likeness (QED) is 0.651. The fourth-order valence-corrected chi connectivity index (χ4v) is 5.40. The molecular weight excluding hydrogens is 459 g/mol. The van der Waals surface area contributed by atoms with Crippen molar-refractivity contribution in [3.8, 4) is 0 Å². The summed E-state index contributed by atoms with van der Waals surface area (Å²) in [6, 6.07) is 9.83. The highest BCUT2D eigenvalue weighted by Gasteiger charge is 2.44. The number of benzene rings is 2. The Hall–Kier alpha value is -2.53. The molecule has 2 aromatic rings. The lowest BCUT2D eigenvalue weighted by molar-refractivity contribution is -0.130. The molecule has 2 amide bonds. The minimum atomic E-state index is -4.28. The number of nitrogens with two attached hydrogens (primary N) is 1. The zero-order chi connectivity index (χ0) is 23.5. The Morgan fingerprint density at radius 3 is 2.62 bits per heavy atom. The van der Waals surface area contributed by atoms with Crippen LogP contribution in [0.25, 0.3) is 0 Å². The van der Waals surface area contributed by atoms with E-state index >= 15 is 0 Å². The monoisotopic (exact) mass is 482 g/mol. The number of sulfonamides is 1. The number of hydrogen-bond acceptors (Lipinski definition) is 5. The van der Waals surface area contributed by atoms with Crippen LogP contribution < -0.4 is 11.1 Å². The Morgan fingerprint density at radius 2 is 1.97 bits per heavy atom. The van der Waals surface area contributed by atoms with Gasteiger partial charge in [0.2, 0.25) is 10.0 Å². The van der Waals surface area contributed by atoms with E-state index in [2.05, 4.69) is 5.32 Å². The molecule has 1 unspecified atom stereocenters. The second-order valence-electron chi connectivity index (χ2n) is 7.37. The number of carbonyl (C=O) groups excluding carboxylic acids is 2. The molecular formula is C21H24ClFN4O4S. The lowest BCUT2D eigenvalue weighted by Crippen LogP contribution is -2.63. The van der Waals surface area contributed by atoms with Crippen LogP contribution in [0.4, 0.5) is 4.39 Å². The van der Waals surface area contributed by atoms with Crippen molar-refractivity contribution in [2.45, 2.75) is 24.4 Å². The van der Waals surface area contributed by atoms with Gasteiger partial charge in [0.05, 0.1) is 9.92 Å². The summed E-state index contributed by atoms with van der Waals surface area (Å²) in [4.78, 5) is 27.3. The Kier molecular flexibility index (Phi) is 7.50. The largest absolute Gasteiger partial charge is 0.352 e. The number of halogens is 2. The predicted octanol–water partition coefficient (Wildman–Crippen LogP) is 1.73. The van der Waals surface area contributed by atoms with Crippen LogP contribution in [0.3, 0.4) is 0 Å². The average Bonchev–Trinajstić information content (AvgIpc) is 2.78. The van der Waals surface area contributed by atoms with Gasteiger partial charge in [-0.1, -0.05) is 29.3 Å². The fourth-order valence-electron chi connectivity index (χ4n) is 3.54. The zero-order valence-corrected chi connectivity index (χ0v) is 19.0. The Balaban J connectivity index is 2.04. The van der Waals surface area contributed by atoms with Crippen molar-refractivity contribution in [1.29, 1.82) is 0 Å². The highest BCUT2D eigenvalue weighted by Crippen LogP contribution is 2.28. The molecule has 0 saturated carbocycles. The van der Waals surface area contributed by atoms with E-state index in [0.717, 1.165) is 28.1 Å². The number of nitrogens with zero attached hydrogens (tertiary/aromatic N) is 2. The van der Waals surface area contributed by atoms with Gasteiger partial charge in [0.1, 0.15) is 5.82 Å². The summed E-state index contributed by atoms with van der Waals surface area (Å²) in [6.45, 7) is 2.26. The molecule has 0 radical (unpaired) electrons. The first-order valence-corrected chi connectivity index (χ1v) is 11.8. The highest BCUT2D eigenvalue weighted by molar-refractivity contribution is 7.89. The lowest BCUT2D eigenvalue weighted by atomic mass is 10.1. The van der Waals surface area contributed by atoms with Gasteiger partial charge in [0.25, 0.3) is 11.8 Å². The highest BCUT2D eigenvalue weighted by atomic mass is 35.5. The van der Waals surface area contributed by atoms with Crippen molar-refractivity contribution in [3.63, 3.8) is 0 Å². The summed E-state index contributed by atoms with van der Waals surface area (Å²) in [5, 5.41) is 2.21. The Morgan fingerprint density at radius 1 is 1.22 bits per heavy atom. The molecule has 0 spiro atoms. The first kappa shape index (κ1) is 24.1. The number of aryl methyl sites for hydroxylation is 1. The molecule has 1 fully saturated rings. The van der Waals surface area contributed by atoms with Gasteiger partial charge in [-0.3, -0.25) is 9.59 Å². The van der Waals surface area contributed by atoms with E-state index in [-0.39, 0.29) is 36.1 Å². The third-order valence-electron chi connectivity index (χ3n) is 5.05. The molecule has 1 aliphatic rings. The van der Waals surface area contributed by atoms with Crippen molar-refractivity contribution in [2.75, 3.05) is 26.2 Å². The van der Waals surface area contributed by atoms with E-state index < -0.39 is 33.8 Å². The van der Waals surface area contributed by atoms with E-state index in [4.69, 9.17) is 17.3 Å². The molecule has 1 heterocycles. The summed E-state index contributed by atoms with van der Waals surface area (Å²) < 4.78 is 41.3. The van der Waals surface area contributed by atoms with Crippen LogP contribution in [-0.4, -0.2) is 61.8 Å². The van der Waals surface area contributed by atoms with Crippen LogP contribution in [0, 0.1) is 12.7 Å². The van der Waals surface area contributed by atoms with Crippen molar-refractivity contribution in [2.24, 2.45) is 5.73 Å². The number of amides is 2. The third-order valence-corrected chi connectivity index (χ3v) is 7.19. The lowest BCUT2D eigenvalue weighted by Gasteiger charge is -2.41. The van der Waals surface area contributed by atoms with E-state index in [1.54, 1.807) is 18.2 Å². The van der Waals surface area contributed by atoms with E-state index in [1.165, 1.54) is 4.90 Å². The molecule has 8 nitrogen and oxygen atoms in total. The van der Waals surface area contributed by atoms with Crippen molar-refractivity contribution in [1.82, 2.24) is 14.5 Å². The first-order valence-electron chi connectivity index (χ1n) is 9.99. The molecule has 0 bridgehead atoms. The molecule has 3 rings (SSSR count). The van der Waals surface area contributed by atoms with E-state index in [0.29, 0.717) is 12.0 Å². The number of rotatable bonds is 6. The van der Waals surface area contributed by atoms with Crippen molar-refractivity contribution >= 4 is 33.4 Å². The van der Waals surface area contributed by atoms with Gasteiger partial charge in [0, 0.05) is 31.7 Å². The normalized spacial score (nSPS) is 17.2. The van der Waals surface area contributed by atoms with Gasteiger partial charge in [-0.15, -0.1) is 0 Å². The van der Waals surface area contributed by atoms with Gasteiger partial charge in [-0.05, 0) is 43.7 Å². The summed E-state index contributed by atoms with van der Waals surface area (Å²) in [7, 11) is -4.28. The molecule has 172 valence electrons. The van der Waals surface area contributed by atoms with E-state index in [1.807, 2.05) is 13.0 Å². The molecule has 32 heavy (non-hydrogen) atoms. The fraction of sp³-hybridized carbons (Fsp3) is 0.333. The van der Waals surface area contributed by atoms with Gasteiger partial charge in [-0.2, -0.15) is 4.31 Å². The van der Waals surface area contributed by atoms with Gasteiger partial charge in [-0.25, -0.2) is 12.8 Å². The molecule has 0 aromatic heterocycles. The Labute approximate surface area is 191 Å².